The van der Waals surface area contributed by atoms with Gasteiger partial charge in [-0.25, -0.2) is 4.39 Å². The molecule has 0 fully saturated rings. The van der Waals surface area contributed by atoms with E-state index in [0.717, 1.165) is 11.1 Å². The van der Waals surface area contributed by atoms with Gasteiger partial charge in [-0.3, -0.25) is 9.48 Å². The normalized spacial score (nSPS) is 11.0. The van der Waals surface area contributed by atoms with Crippen LogP contribution in [0.3, 0.4) is 0 Å². The number of aryl methyl sites for hydroxylation is 3. The van der Waals surface area contributed by atoms with Gasteiger partial charge in [-0.2, -0.15) is 5.10 Å². The van der Waals surface area contributed by atoms with Crippen LogP contribution >= 0.6 is 23.2 Å². The molecule has 0 aliphatic carbocycles. The second-order valence-electron chi connectivity index (χ2n) is 7.84. The van der Waals surface area contributed by atoms with Crippen LogP contribution in [0.1, 0.15) is 38.5 Å². The van der Waals surface area contributed by atoms with Crippen molar-refractivity contribution in [2.75, 3.05) is 5.32 Å². The molecule has 7 nitrogen and oxygen atoms in total. The van der Waals surface area contributed by atoms with E-state index in [1.165, 1.54) is 23.0 Å². The summed E-state index contributed by atoms with van der Waals surface area (Å²) in [5.74, 6) is 0.363. The van der Waals surface area contributed by atoms with Crippen LogP contribution in [0.15, 0.2) is 47.1 Å². The third-order valence-electron chi connectivity index (χ3n) is 5.21. The molecule has 0 aliphatic heterocycles. The number of aromatic nitrogens is 3. The van der Waals surface area contributed by atoms with Crippen molar-refractivity contribution >= 4 is 34.9 Å². The van der Waals surface area contributed by atoms with E-state index in [2.05, 4.69) is 15.6 Å². The Labute approximate surface area is 205 Å². The lowest BCUT2D eigenvalue weighted by atomic mass is 10.1. The molecule has 0 bridgehead atoms. The van der Waals surface area contributed by atoms with E-state index < -0.39 is 11.7 Å². The first-order valence-corrected chi connectivity index (χ1v) is 11.1. The largest absolute Gasteiger partial charge is 0.488 e. The number of nitrogens with one attached hydrogen (secondary N) is 1. The number of anilines is 1. The molecule has 1 amide bonds. The Morgan fingerprint density at radius 1 is 1.15 bits per heavy atom. The smallest absolute Gasteiger partial charge is 0.279 e. The van der Waals surface area contributed by atoms with Crippen molar-refractivity contribution < 1.29 is 18.4 Å². The van der Waals surface area contributed by atoms with Crippen molar-refractivity contribution in [2.24, 2.45) is 0 Å². The quantitative estimate of drug-likeness (QED) is 0.329. The maximum atomic E-state index is 13.3. The van der Waals surface area contributed by atoms with E-state index in [1.807, 2.05) is 32.0 Å². The van der Waals surface area contributed by atoms with Crippen molar-refractivity contribution in [3.8, 4) is 5.75 Å². The Hall–Kier alpha value is -3.36. The SMILES string of the molecule is Cc1ccc(C)c(OCc2c(C(=O)Nc3nn(Cc4ccc(F)cc4Cl)cc3Cl)noc2C)c1. The highest BCUT2D eigenvalue weighted by Gasteiger charge is 2.22. The number of hydrogen-bond acceptors (Lipinski definition) is 5. The Morgan fingerprint density at radius 3 is 2.71 bits per heavy atom. The zero-order chi connectivity index (χ0) is 24.4. The van der Waals surface area contributed by atoms with Gasteiger partial charge in [0.2, 0.25) is 0 Å². The van der Waals surface area contributed by atoms with Crippen LogP contribution in [-0.2, 0) is 13.2 Å². The number of nitrogens with zero attached hydrogens (tertiary/aromatic N) is 3. The second kappa shape index (κ2) is 9.87. The predicted molar refractivity (Wildman–Crippen MR) is 127 cm³/mol. The zero-order valence-corrected chi connectivity index (χ0v) is 20.2. The monoisotopic (exact) mass is 502 g/mol. The van der Waals surface area contributed by atoms with E-state index in [1.54, 1.807) is 13.0 Å². The summed E-state index contributed by atoms with van der Waals surface area (Å²) in [5, 5.41) is 11.3. The van der Waals surface area contributed by atoms with E-state index >= 15 is 0 Å². The fraction of sp³-hybridized carbons (Fsp3) is 0.208. The first-order chi connectivity index (χ1) is 16.2. The van der Waals surface area contributed by atoms with Crippen LogP contribution in [0.25, 0.3) is 0 Å². The molecule has 4 aromatic rings. The van der Waals surface area contributed by atoms with Gasteiger partial charge in [0.25, 0.3) is 5.91 Å². The number of carbonyl (C=O) groups is 1. The van der Waals surface area contributed by atoms with Crippen molar-refractivity contribution in [3.05, 3.63) is 92.2 Å². The van der Waals surface area contributed by atoms with Gasteiger partial charge in [0.05, 0.1) is 12.1 Å². The highest BCUT2D eigenvalue weighted by molar-refractivity contribution is 6.33. The molecule has 176 valence electrons. The van der Waals surface area contributed by atoms with Gasteiger partial charge in [0.15, 0.2) is 11.5 Å². The minimum absolute atomic E-state index is 0.0787. The first-order valence-electron chi connectivity index (χ1n) is 10.3. The first kappa shape index (κ1) is 23.8. The average molecular weight is 503 g/mol. The maximum Gasteiger partial charge on any atom is 0.279 e. The summed E-state index contributed by atoms with van der Waals surface area (Å²) in [4.78, 5) is 12.9. The van der Waals surface area contributed by atoms with E-state index in [-0.39, 0.29) is 34.7 Å². The van der Waals surface area contributed by atoms with E-state index in [0.29, 0.717) is 22.6 Å². The molecule has 4 rings (SSSR count). The molecule has 2 heterocycles. The summed E-state index contributed by atoms with van der Waals surface area (Å²) in [6.45, 7) is 5.98. The molecule has 0 atom stereocenters. The molecular weight excluding hydrogens is 482 g/mol. The zero-order valence-electron chi connectivity index (χ0n) is 18.7. The minimum atomic E-state index is -0.539. The lowest BCUT2D eigenvalue weighted by Crippen LogP contribution is -2.16. The van der Waals surface area contributed by atoms with Gasteiger partial charge in [-0.15, -0.1) is 0 Å². The Bertz CT molecular complexity index is 1370. The topological polar surface area (TPSA) is 82.2 Å². The van der Waals surface area contributed by atoms with Crippen LogP contribution in [0.2, 0.25) is 10.0 Å². The summed E-state index contributed by atoms with van der Waals surface area (Å²) in [5.41, 5.74) is 3.29. The van der Waals surface area contributed by atoms with Crippen molar-refractivity contribution in [1.82, 2.24) is 14.9 Å². The summed E-state index contributed by atoms with van der Waals surface area (Å²) in [7, 11) is 0. The number of halogens is 3. The number of ether oxygens (including phenoxy) is 1. The number of benzene rings is 2. The van der Waals surface area contributed by atoms with Gasteiger partial charge in [-0.05, 0) is 55.7 Å². The number of amides is 1. The van der Waals surface area contributed by atoms with Gasteiger partial charge < -0.3 is 14.6 Å². The van der Waals surface area contributed by atoms with Crippen LogP contribution in [0, 0.1) is 26.6 Å². The third-order valence-corrected chi connectivity index (χ3v) is 5.84. The molecule has 0 saturated heterocycles. The van der Waals surface area contributed by atoms with Gasteiger partial charge in [0, 0.05) is 11.2 Å². The number of hydrogen-bond donors (Lipinski definition) is 1. The van der Waals surface area contributed by atoms with E-state index in [9.17, 15) is 9.18 Å². The molecule has 0 radical (unpaired) electrons. The predicted octanol–water partition coefficient (Wildman–Crippen LogP) is 6.12. The number of carbonyl (C=O) groups excluding carboxylic acids is 1. The van der Waals surface area contributed by atoms with Crippen LogP contribution in [0.5, 0.6) is 5.75 Å². The Balaban J connectivity index is 1.49. The Kier molecular flexibility index (Phi) is 6.90. The molecule has 0 spiro atoms. The molecule has 2 aromatic carbocycles. The van der Waals surface area contributed by atoms with Crippen molar-refractivity contribution in [2.45, 2.75) is 33.9 Å². The summed E-state index contributed by atoms with van der Waals surface area (Å²) in [6.07, 6.45) is 1.54. The summed E-state index contributed by atoms with van der Waals surface area (Å²) < 4.78 is 26.0. The molecule has 0 aliphatic rings. The second-order valence-corrected chi connectivity index (χ2v) is 8.65. The average Bonchev–Trinajstić information content (AvgIpc) is 3.32. The molecule has 0 unspecified atom stereocenters. The standard InChI is InChI=1S/C24H21Cl2FN4O3/c1-13-4-5-14(2)21(8-13)33-12-18-15(3)34-30-22(18)24(32)28-23-20(26)11-31(29-23)10-16-6-7-17(27)9-19(16)25/h4-9,11H,10,12H2,1-3H3,(H,28,29,32). The van der Waals surface area contributed by atoms with Crippen LogP contribution in [0.4, 0.5) is 10.2 Å². The van der Waals surface area contributed by atoms with Gasteiger partial charge in [-0.1, -0.05) is 46.6 Å². The van der Waals surface area contributed by atoms with Crippen molar-refractivity contribution in [1.29, 1.82) is 0 Å². The Morgan fingerprint density at radius 2 is 1.94 bits per heavy atom. The van der Waals surface area contributed by atoms with Gasteiger partial charge >= 0.3 is 0 Å². The number of rotatable bonds is 7. The fourth-order valence-electron chi connectivity index (χ4n) is 3.31. The van der Waals surface area contributed by atoms with Gasteiger partial charge in [0.1, 0.15) is 29.0 Å². The van der Waals surface area contributed by atoms with E-state index in [4.69, 9.17) is 32.5 Å². The lowest BCUT2D eigenvalue weighted by Gasteiger charge is -2.10. The third kappa shape index (κ3) is 5.24. The summed E-state index contributed by atoms with van der Waals surface area (Å²) >= 11 is 12.4. The maximum absolute atomic E-state index is 13.3. The molecule has 1 N–H and O–H groups in total. The highest BCUT2D eigenvalue weighted by Crippen LogP contribution is 2.25. The molecule has 10 heteroatoms. The molecule has 34 heavy (non-hydrogen) atoms. The fourth-order valence-corrected chi connectivity index (χ4v) is 3.73. The molecular formula is C24H21Cl2FN4O3. The summed E-state index contributed by atoms with van der Waals surface area (Å²) in [6, 6.07) is 9.99. The van der Waals surface area contributed by atoms with Crippen molar-refractivity contribution in [3.63, 3.8) is 0 Å². The highest BCUT2D eigenvalue weighted by atomic mass is 35.5. The van der Waals surface area contributed by atoms with Crippen LogP contribution < -0.4 is 10.1 Å². The minimum Gasteiger partial charge on any atom is -0.488 e. The molecule has 2 aromatic heterocycles. The lowest BCUT2D eigenvalue weighted by molar-refractivity contribution is 0.101. The van der Waals surface area contributed by atoms with Crippen LogP contribution in [-0.4, -0.2) is 20.8 Å². The molecule has 0 saturated carbocycles.